The maximum Gasteiger partial charge on any atom is 0.256 e. The Morgan fingerprint density at radius 3 is 2.40 bits per heavy atom. The number of benzene rings is 2. The molecule has 9 nitrogen and oxygen atoms in total. The standard InChI is InChI=1S/C36H44N6O3/c1-4-40(34(44)28-12-13-28)20-6-5-7-21-42-33(38-36(35(42)45)17-22-41(23-18-36)32(43)25-39(2)3)27-10-8-26(9-11-27)29-14-15-31-30(24-29)16-19-37-31/h5,7-11,14-16,19,24,28,37H,4,6,12-13,17-18,20-23,25H2,1-3H3. The van der Waals surface area contributed by atoms with Crippen LogP contribution in [0.25, 0.3) is 22.0 Å². The third-order valence-corrected chi connectivity index (χ3v) is 9.28. The lowest BCUT2D eigenvalue weighted by atomic mass is 9.87. The fourth-order valence-electron chi connectivity index (χ4n) is 6.46. The van der Waals surface area contributed by atoms with Crippen LogP contribution in [0.1, 0.15) is 44.6 Å². The van der Waals surface area contributed by atoms with Gasteiger partial charge in [-0.1, -0.05) is 42.5 Å². The molecule has 236 valence electrons. The van der Waals surface area contributed by atoms with E-state index in [-0.39, 0.29) is 23.6 Å². The van der Waals surface area contributed by atoms with Gasteiger partial charge in [-0.05, 0) is 87.8 Å². The van der Waals surface area contributed by atoms with Crippen LogP contribution in [-0.2, 0) is 14.4 Å². The van der Waals surface area contributed by atoms with Gasteiger partial charge >= 0.3 is 0 Å². The average Bonchev–Trinajstić information content (AvgIpc) is 3.73. The van der Waals surface area contributed by atoms with Crippen LogP contribution >= 0.6 is 0 Å². The molecule has 0 unspecified atom stereocenters. The lowest BCUT2D eigenvalue weighted by Gasteiger charge is -2.36. The summed E-state index contributed by atoms with van der Waals surface area (Å²) in [6, 6.07) is 16.7. The summed E-state index contributed by atoms with van der Waals surface area (Å²) >= 11 is 0. The zero-order valence-corrected chi connectivity index (χ0v) is 26.7. The number of hydrogen-bond acceptors (Lipinski definition) is 5. The lowest BCUT2D eigenvalue weighted by Crippen LogP contribution is -2.52. The molecule has 3 heterocycles. The van der Waals surface area contributed by atoms with Crippen molar-refractivity contribution in [3.63, 3.8) is 0 Å². The Balaban J connectivity index is 1.19. The Morgan fingerprint density at radius 2 is 1.71 bits per heavy atom. The maximum absolute atomic E-state index is 14.1. The number of hydrogen-bond donors (Lipinski definition) is 1. The topological polar surface area (TPSA) is 92.3 Å². The fraction of sp³-hybridized carbons (Fsp3) is 0.444. The molecule has 2 aromatic carbocycles. The monoisotopic (exact) mass is 608 g/mol. The molecule has 1 aliphatic carbocycles. The van der Waals surface area contributed by atoms with Gasteiger partial charge in [0.15, 0.2) is 0 Å². The maximum atomic E-state index is 14.1. The Labute approximate surface area is 265 Å². The van der Waals surface area contributed by atoms with Crippen LogP contribution in [0.2, 0.25) is 0 Å². The van der Waals surface area contributed by atoms with E-state index >= 15 is 0 Å². The summed E-state index contributed by atoms with van der Waals surface area (Å²) in [4.78, 5) is 55.2. The number of H-pyrrole nitrogens is 1. The normalized spacial score (nSPS) is 18.0. The number of fused-ring (bicyclic) bond motifs is 1. The zero-order chi connectivity index (χ0) is 31.6. The molecule has 9 heteroatoms. The first-order valence-electron chi connectivity index (χ1n) is 16.2. The molecule has 1 N–H and O–H groups in total. The molecule has 0 radical (unpaired) electrons. The van der Waals surface area contributed by atoms with Crippen molar-refractivity contribution in [1.82, 2.24) is 24.6 Å². The molecule has 0 atom stereocenters. The molecule has 1 saturated carbocycles. The quantitative estimate of drug-likeness (QED) is 0.324. The highest BCUT2D eigenvalue weighted by atomic mass is 16.2. The Hall–Kier alpha value is -4.24. The molecular formula is C36H44N6O3. The second kappa shape index (κ2) is 13.0. The molecule has 0 bridgehead atoms. The molecule has 1 saturated heterocycles. The van der Waals surface area contributed by atoms with Gasteiger partial charge in [-0.3, -0.25) is 24.3 Å². The van der Waals surface area contributed by atoms with Gasteiger partial charge in [0, 0.05) is 55.9 Å². The van der Waals surface area contributed by atoms with Gasteiger partial charge in [0.05, 0.1) is 6.54 Å². The Bertz CT molecular complexity index is 1610. The molecular weight excluding hydrogens is 564 g/mol. The molecule has 3 aromatic rings. The van der Waals surface area contributed by atoms with Crippen LogP contribution in [0.15, 0.2) is 71.9 Å². The van der Waals surface area contributed by atoms with Crippen molar-refractivity contribution in [3.05, 3.63) is 72.4 Å². The van der Waals surface area contributed by atoms with Crippen molar-refractivity contribution in [2.24, 2.45) is 10.9 Å². The van der Waals surface area contributed by atoms with Crippen molar-refractivity contribution < 1.29 is 14.4 Å². The third-order valence-electron chi connectivity index (χ3n) is 9.28. The van der Waals surface area contributed by atoms with E-state index in [9.17, 15) is 14.4 Å². The van der Waals surface area contributed by atoms with Crippen LogP contribution in [0.5, 0.6) is 0 Å². The van der Waals surface area contributed by atoms with Crippen molar-refractivity contribution in [2.45, 2.75) is 44.6 Å². The number of likely N-dealkylation sites (tertiary alicyclic amines) is 1. The van der Waals surface area contributed by atoms with Gasteiger partial charge in [0.25, 0.3) is 5.91 Å². The Morgan fingerprint density at radius 1 is 1.00 bits per heavy atom. The number of carbonyl (C=O) groups is 3. The number of likely N-dealkylation sites (N-methyl/N-ethyl adjacent to an activating group) is 1. The minimum absolute atomic E-state index is 0.00272. The number of aromatic nitrogens is 1. The average molecular weight is 609 g/mol. The lowest BCUT2D eigenvalue weighted by molar-refractivity contribution is -0.138. The van der Waals surface area contributed by atoms with Gasteiger partial charge < -0.3 is 19.7 Å². The van der Waals surface area contributed by atoms with Gasteiger partial charge in [0.2, 0.25) is 11.8 Å². The SMILES string of the molecule is CCN(CCC=CCN1C(=O)C2(CCN(C(=O)CN(C)C)CC2)N=C1c1ccc(-c2ccc3[nH]ccc3c2)cc1)C(=O)C1CC1. The van der Waals surface area contributed by atoms with E-state index in [0.29, 0.717) is 51.4 Å². The van der Waals surface area contributed by atoms with Crippen molar-refractivity contribution in [1.29, 1.82) is 0 Å². The van der Waals surface area contributed by atoms with E-state index in [1.165, 1.54) is 0 Å². The second-order valence-corrected chi connectivity index (χ2v) is 12.8. The van der Waals surface area contributed by atoms with Crippen molar-refractivity contribution >= 4 is 34.5 Å². The third kappa shape index (κ3) is 6.59. The predicted octanol–water partition coefficient (Wildman–Crippen LogP) is 4.55. The molecule has 1 aromatic heterocycles. The number of nitrogens with zero attached hydrogens (tertiary/aromatic N) is 5. The van der Waals surface area contributed by atoms with E-state index < -0.39 is 5.54 Å². The van der Waals surface area contributed by atoms with Crippen LogP contribution in [0.3, 0.4) is 0 Å². The number of rotatable bonds is 11. The minimum atomic E-state index is -0.855. The second-order valence-electron chi connectivity index (χ2n) is 12.8. The number of nitrogens with one attached hydrogen (secondary N) is 1. The highest BCUT2D eigenvalue weighted by Crippen LogP contribution is 2.36. The van der Waals surface area contributed by atoms with E-state index in [1.54, 1.807) is 0 Å². The predicted molar refractivity (Wildman–Crippen MR) is 178 cm³/mol. The van der Waals surface area contributed by atoms with Crippen LogP contribution in [-0.4, -0.2) is 107 Å². The summed E-state index contributed by atoms with van der Waals surface area (Å²) < 4.78 is 0. The van der Waals surface area contributed by atoms with Gasteiger partial charge in [0.1, 0.15) is 11.4 Å². The zero-order valence-electron chi connectivity index (χ0n) is 26.7. The van der Waals surface area contributed by atoms with Crippen LogP contribution in [0, 0.1) is 5.92 Å². The number of carbonyl (C=O) groups excluding carboxylic acids is 3. The minimum Gasteiger partial charge on any atom is -0.361 e. The summed E-state index contributed by atoms with van der Waals surface area (Å²) in [7, 11) is 3.78. The summed E-state index contributed by atoms with van der Waals surface area (Å²) in [5.41, 5.74) is 3.38. The van der Waals surface area contributed by atoms with E-state index in [0.717, 1.165) is 53.4 Å². The van der Waals surface area contributed by atoms with Gasteiger partial charge in [-0.15, -0.1) is 0 Å². The molecule has 45 heavy (non-hydrogen) atoms. The van der Waals surface area contributed by atoms with E-state index in [1.807, 2.05) is 52.9 Å². The first-order chi connectivity index (χ1) is 21.8. The molecule has 2 aliphatic heterocycles. The van der Waals surface area contributed by atoms with Crippen molar-refractivity contribution in [3.8, 4) is 11.1 Å². The summed E-state index contributed by atoms with van der Waals surface area (Å²) in [6.45, 7) is 5.24. The summed E-state index contributed by atoms with van der Waals surface area (Å²) in [5.74, 6) is 1.26. The molecule has 6 rings (SSSR count). The largest absolute Gasteiger partial charge is 0.361 e. The molecule has 3 amide bonds. The van der Waals surface area contributed by atoms with E-state index in [4.69, 9.17) is 4.99 Å². The first kappa shape index (κ1) is 30.8. The smallest absolute Gasteiger partial charge is 0.256 e. The van der Waals surface area contributed by atoms with Crippen molar-refractivity contribution in [2.75, 3.05) is 53.4 Å². The molecule has 1 spiro atoms. The van der Waals surface area contributed by atoms with Crippen LogP contribution in [0.4, 0.5) is 0 Å². The highest BCUT2D eigenvalue weighted by molar-refractivity contribution is 6.15. The first-order valence-corrected chi connectivity index (χ1v) is 16.2. The molecule has 3 aliphatic rings. The Kier molecular flexibility index (Phi) is 8.90. The summed E-state index contributed by atoms with van der Waals surface area (Å²) in [5, 5.41) is 1.16. The van der Waals surface area contributed by atoms with Gasteiger partial charge in [-0.25, -0.2) is 0 Å². The summed E-state index contributed by atoms with van der Waals surface area (Å²) in [6.07, 6.45) is 9.83. The van der Waals surface area contributed by atoms with E-state index in [2.05, 4.69) is 59.6 Å². The molecule has 2 fully saturated rings. The number of amides is 3. The number of aliphatic imine (C=N–C) groups is 1. The fourth-order valence-corrected chi connectivity index (χ4v) is 6.46. The number of aromatic amines is 1. The van der Waals surface area contributed by atoms with Gasteiger partial charge in [-0.2, -0.15) is 0 Å². The number of piperidine rings is 1. The van der Waals surface area contributed by atoms with Crippen LogP contribution < -0.4 is 0 Å². The highest BCUT2D eigenvalue weighted by Gasteiger charge is 2.50. The number of amidine groups is 1.